The molecule has 1 saturated heterocycles. The predicted molar refractivity (Wildman–Crippen MR) is 92.3 cm³/mol. The van der Waals surface area contributed by atoms with E-state index in [1.54, 1.807) is 6.20 Å². The molecular weight excluding hydrogens is 310 g/mol. The Balaban J connectivity index is 2.01. The summed E-state index contributed by atoms with van der Waals surface area (Å²) in [4.78, 5) is 14.8. The summed E-state index contributed by atoms with van der Waals surface area (Å²) in [7, 11) is 0. The van der Waals surface area contributed by atoms with Crippen molar-refractivity contribution in [3.63, 3.8) is 0 Å². The molecule has 4 nitrogen and oxygen atoms in total. The molecule has 23 heavy (non-hydrogen) atoms. The molecule has 1 fully saturated rings. The van der Waals surface area contributed by atoms with Gasteiger partial charge < -0.3 is 4.90 Å². The summed E-state index contributed by atoms with van der Waals surface area (Å²) in [5.41, 5.74) is 2.53. The predicted octanol–water partition coefficient (Wildman–Crippen LogP) is 4.13. The Hall–Kier alpha value is -1.81. The Labute approximate surface area is 142 Å². The second-order valence-corrected chi connectivity index (χ2v) is 7.07. The Morgan fingerprint density at radius 3 is 2.78 bits per heavy atom. The average molecular weight is 332 g/mol. The van der Waals surface area contributed by atoms with Gasteiger partial charge in [0.2, 0.25) is 0 Å². The van der Waals surface area contributed by atoms with Gasteiger partial charge in [0.15, 0.2) is 0 Å². The van der Waals surface area contributed by atoms with E-state index in [-0.39, 0.29) is 11.8 Å². The molecule has 1 unspecified atom stereocenters. The Morgan fingerprint density at radius 1 is 1.39 bits per heavy atom. The van der Waals surface area contributed by atoms with E-state index in [0.717, 1.165) is 30.9 Å². The summed E-state index contributed by atoms with van der Waals surface area (Å²) in [6.07, 6.45) is 2.77. The summed E-state index contributed by atoms with van der Waals surface area (Å²) < 4.78 is 1.84. The highest BCUT2D eigenvalue weighted by molar-refractivity contribution is 6.30. The van der Waals surface area contributed by atoms with Gasteiger partial charge in [-0.3, -0.25) is 4.79 Å². The largest absolute Gasteiger partial charge is 0.338 e. The van der Waals surface area contributed by atoms with Crippen LogP contribution in [-0.2, 0) is 0 Å². The van der Waals surface area contributed by atoms with Crippen LogP contribution in [0.4, 0.5) is 0 Å². The van der Waals surface area contributed by atoms with E-state index in [2.05, 4.69) is 25.9 Å². The zero-order valence-electron chi connectivity index (χ0n) is 13.8. The third-order valence-corrected chi connectivity index (χ3v) is 4.58. The second kappa shape index (κ2) is 6.36. The van der Waals surface area contributed by atoms with E-state index >= 15 is 0 Å². The van der Waals surface area contributed by atoms with Crippen molar-refractivity contribution in [2.45, 2.75) is 33.1 Å². The first-order chi connectivity index (χ1) is 11.0. The molecule has 1 aliphatic rings. The fourth-order valence-corrected chi connectivity index (χ4v) is 3.37. The van der Waals surface area contributed by atoms with E-state index in [1.165, 1.54) is 0 Å². The Kier molecular flexibility index (Phi) is 4.44. The number of carbonyl (C=O) groups excluding carboxylic acids is 1. The second-order valence-electron chi connectivity index (χ2n) is 6.63. The monoisotopic (exact) mass is 331 g/mol. The lowest BCUT2D eigenvalue weighted by Gasteiger charge is -2.18. The number of hydrogen-bond acceptors (Lipinski definition) is 2. The van der Waals surface area contributed by atoms with Gasteiger partial charge in [-0.2, -0.15) is 5.10 Å². The van der Waals surface area contributed by atoms with E-state index in [4.69, 9.17) is 11.6 Å². The van der Waals surface area contributed by atoms with Gasteiger partial charge in [0, 0.05) is 18.1 Å². The zero-order valence-corrected chi connectivity index (χ0v) is 14.5. The molecule has 122 valence electrons. The Bertz CT molecular complexity index is 723. The number of hydrogen-bond donors (Lipinski definition) is 0. The van der Waals surface area contributed by atoms with Crippen molar-refractivity contribution in [1.29, 1.82) is 0 Å². The summed E-state index contributed by atoms with van der Waals surface area (Å²) in [6.45, 7) is 8.02. The minimum Gasteiger partial charge on any atom is -0.338 e. The van der Waals surface area contributed by atoms with Crippen LogP contribution in [0, 0.1) is 5.92 Å². The molecule has 5 heteroatoms. The molecule has 0 N–H and O–H groups in total. The number of rotatable bonds is 3. The lowest BCUT2D eigenvalue weighted by molar-refractivity contribution is 0.0786. The van der Waals surface area contributed by atoms with Crippen LogP contribution in [0.25, 0.3) is 5.69 Å². The molecule has 1 atom stereocenters. The van der Waals surface area contributed by atoms with Crippen LogP contribution in [0.15, 0.2) is 30.5 Å². The summed E-state index contributed by atoms with van der Waals surface area (Å²) >= 11 is 6.10. The van der Waals surface area contributed by atoms with Gasteiger partial charge >= 0.3 is 0 Å². The van der Waals surface area contributed by atoms with Crippen molar-refractivity contribution in [2.75, 3.05) is 13.1 Å². The Morgan fingerprint density at radius 2 is 2.17 bits per heavy atom. The molecule has 3 rings (SSSR count). The number of nitrogens with zero attached hydrogens (tertiary/aromatic N) is 3. The van der Waals surface area contributed by atoms with Crippen molar-refractivity contribution in [3.8, 4) is 5.69 Å². The topological polar surface area (TPSA) is 38.1 Å². The highest BCUT2D eigenvalue weighted by Gasteiger charge is 2.28. The van der Waals surface area contributed by atoms with Gasteiger partial charge in [-0.05, 0) is 36.5 Å². The number of amides is 1. The van der Waals surface area contributed by atoms with Gasteiger partial charge in [-0.1, -0.05) is 38.4 Å². The standard InChI is InChI=1S/C18H22ClN3O/c1-12(2)17-16(18(23)21-8-7-13(3)11-21)10-20-22(17)15-6-4-5-14(19)9-15/h4-6,9-10,12-13H,7-8,11H2,1-3H3. The van der Waals surface area contributed by atoms with Crippen LogP contribution in [0.3, 0.4) is 0 Å². The third-order valence-electron chi connectivity index (χ3n) is 4.35. The molecule has 2 heterocycles. The normalized spacial score (nSPS) is 18.0. The van der Waals surface area contributed by atoms with Gasteiger partial charge in [0.05, 0.1) is 23.1 Å². The van der Waals surface area contributed by atoms with E-state index in [9.17, 15) is 4.79 Å². The molecule has 2 aromatic rings. The van der Waals surface area contributed by atoms with Crippen molar-refractivity contribution >= 4 is 17.5 Å². The maximum Gasteiger partial charge on any atom is 0.257 e. The average Bonchev–Trinajstić information content (AvgIpc) is 3.12. The van der Waals surface area contributed by atoms with Crippen LogP contribution in [0.2, 0.25) is 5.02 Å². The van der Waals surface area contributed by atoms with E-state index in [1.807, 2.05) is 33.8 Å². The first kappa shape index (κ1) is 16.1. The fraction of sp³-hybridized carbons (Fsp3) is 0.444. The fourth-order valence-electron chi connectivity index (χ4n) is 3.18. The molecule has 0 saturated carbocycles. The van der Waals surface area contributed by atoms with E-state index < -0.39 is 0 Å². The highest BCUT2D eigenvalue weighted by Crippen LogP contribution is 2.27. The molecule has 0 spiro atoms. The van der Waals surface area contributed by atoms with Crippen LogP contribution >= 0.6 is 11.6 Å². The molecule has 1 amide bonds. The molecule has 0 radical (unpaired) electrons. The number of aromatic nitrogens is 2. The molecule has 1 aliphatic heterocycles. The van der Waals surface area contributed by atoms with Crippen LogP contribution in [0.5, 0.6) is 0 Å². The van der Waals surface area contributed by atoms with Crippen molar-refractivity contribution in [3.05, 3.63) is 46.7 Å². The van der Waals surface area contributed by atoms with Gasteiger partial charge in [0.25, 0.3) is 5.91 Å². The molecule has 1 aromatic heterocycles. The van der Waals surface area contributed by atoms with Crippen LogP contribution in [-0.4, -0.2) is 33.7 Å². The number of likely N-dealkylation sites (tertiary alicyclic amines) is 1. The molecular formula is C18H22ClN3O. The van der Waals surface area contributed by atoms with E-state index in [0.29, 0.717) is 16.5 Å². The quantitative estimate of drug-likeness (QED) is 0.848. The SMILES string of the molecule is CC1CCN(C(=O)c2cnn(-c3cccc(Cl)c3)c2C(C)C)C1. The summed E-state index contributed by atoms with van der Waals surface area (Å²) in [5.74, 6) is 0.853. The molecule has 0 bridgehead atoms. The number of halogens is 1. The lowest BCUT2D eigenvalue weighted by atomic mass is 10.0. The van der Waals surface area contributed by atoms with Crippen LogP contribution < -0.4 is 0 Å². The van der Waals surface area contributed by atoms with Crippen molar-refractivity contribution in [2.24, 2.45) is 5.92 Å². The van der Waals surface area contributed by atoms with Gasteiger partial charge in [-0.25, -0.2) is 4.68 Å². The van der Waals surface area contributed by atoms with Gasteiger partial charge in [0.1, 0.15) is 0 Å². The zero-order chi connectivity index (χ0) is 16.6. The first-order valence-corrected chi connectivity index (χ1v) is 8.48. The van der Waals surface area contributed by atoms with Crippen molar-refractivity contribution in [1.82, 2.24) is 14.7 Å². The number of benzene rings is 1. The van der Waals surface area contributed by atoms with Gasteiger partial charge in [-0.15, -0.1) is 0 Å². The number of carbonyl (C=O) groups is 1. The third kappa shape index (κ3) is 3.13. The first-order valence-electron chi connectivity index (χ1n) is 8.10. The lowest BCUT2D eigenvalue weighted by Crippen LogP contribution is -2.29. The maximum atomic E-state index is 12.9. The highest BCUT2D eigenvalue weighted by atomic mass is 35.5. The maximum absolute atomic E-state index is 12.9. The molecule has 1 aromatic carbocycles. The minimum atomic E-state index is 0.0892. The van der Waals surface area contributed by atoms with Crippen LogP contribution in [0.1, 0.15) is 49.2 Å². The van der Waals surface area contributed by atoms with Crippen molar-refractivity contribution < 1.29 is 4.79 Å². The molecule has 0 aliphatic carbocycles. The summed E-state index contributed by atoms with van der Waals surface area (Å²) in [5, 5.41) is 5.13. The smallest absolute Gasteiger partial charge is 0.257 e. The minimum absolute atomic E-state index is 0.0892. The summed E-state index contributed by atoms with van der Waals surface area (Å²) in [6, 6.07) is 7.55.